The minimum atomic E-state index is 0.588. The molecule has 0 amide bonds. The SMILES string of the molecule is CCC(CCN=C(C)NC#N)c1ccsc1. The Morgan fingerprint density at radius 3 is 3.06 bits per heavy atom. The average Bonchev–Trinajstić information content (AvgIpc) is 2.78. The van der Waals surface area contributed by atoms with E-state index >= 15 is 0 Å². The Morgan fingerprint density at radius 2 is 2.50 bits per heavy atom. The van der Waals surface area contributed by atoms with Gasteiger partial charge in [-0.15, -0.1) is 0 Å². The summed E-state index contributed by atoms with van der Waals surface area (Å²) >= 11 is 1.74. The lowest BCUT2D eigenvalue weighted by Gasteiger charge is -2.11. The summed E-state index contributed by atoms with van der Waals surface area (Å²) in [5.74, 6) is 1.28. The lowest BCUT2D eigenvalue weighted by atomic mass is 9.96. The smallest absolute Gasteiger partial charge is 0.182 e. The van der Waals surface area contributed by atoms with Crippen LogP contribution in [0.1, 0.15) is 38.2 Å². The van der Waals surface area contributed by atoms with Crippen LogP contribution in [0.25, 0.3) is 0 Å². The van der Waals surface area contributed by atoms with Crippen molar-refractivity contribution in [2.24, 2.45) is 4.99 Å². The predicted molar refractivity (Wildman–Crippen MR) is 68.7 cm³/mol. The van der Waals surface area contributed by atoms with Crippen molar-refractivity contribution in [3.63, 3.8) is 0 Å². The maximum absolute atomic E-state index is 8.40. The number of nitriles is 1. The molecule has 0 radical (unpaired) electrons. The Labute approximate surface area is 101 Å². The van der Waals surface area contributed by atoms with Gasteiger partial charge >= 0.3 is 0 Å². The van der Waals surface area contributed by atoms with Crippen LogP contribution in [0.15, 0.2) is 21.8 Å². The van der Waals surface area contributed by atoms with Crippen LogP contribution in [0, 0.1) is 11.5 Å². The molecular weight excluding hydrogens is 218 g/mol. The second kappa shape index (κ2) is 7.02. The topological polar surface area (TPSA) is 48.2 Å². The molecule has 0 spiro atoms. The molecule has 0 aliphatic heterocycles. The number of hydrogen-bond donors (Lipinski definition) is 1. The molecule has 4 heteroatoms. The maximum atomic E-state index is 8.40. The van der Waals surface area contributed by atoms with Gasteiger partial charge in [0, 0.05) is 6.54 Å². The van der Waals surface area contributed by atoms with Crippen LogP contribution in [0.2, 0.25) is 0 Å². The molecule has 3 nitrogen and oxygen atoms in total. The van der Waals surface area contributed by atoms with E-state index in [2.05, 4.69) is 34.1 Å². The van der Waals surface area contributed by atoms with Gasteiger partial charge in [-0.25, -0.2) is 0 Å². The minimum absolute atomic E-state index is 0.588. The van der Waals surface area contributed by atoms with Gasteiger partial charge in [-0.05, 0) is 48.1 Å². The molecule has 0 bridgehead atoms. The van der Waals surface area contributed by atoms with E-state index in [1.54, 1.807) is 11.3 Å². The molecule has 16 heavy (non-hydrogen) atoms. The molecule has 1 N–H and O–H groups in total. The van der Waals surface area contributed by atoms with Gasteiger partial charge in [0.2, 0.25) is 0 Å². The van der Waals surface area contributed by atoms with E-state index in [0.717, 1.165) is 19.4 Å². The zero-order chi connectivity index (χ0) is 11.8. The van der Waals surface area contributed by atoms with Gasteiger partial charge in [0.05, 0.1) is 0 Å². The molecule has 1 atom stereocenters. The maximum Gasteiger partial charge on any atom is 0.182 e. The summed E-state index contributed by atoms with van der Waals surface area (Å²) < 4.78 is 0. The number of rotatable bonds is 5. The van der Waals surface area contributed by atoms with Crippen LogP contribution in [-0.2, 0) is 0 Å². The second-order valence-corrected chi connectivity index (χ2v) is 4.43. The second-order valence-electron chi connectivity index (χ2n) is 3.65. The van der Waals surface area contributed by atoms with Crippen molar-refractivity contribution in [2.45, 2.75) is 32.6 Å². The molecule has 1 rings (SSSR count). The first-order chi connectivity index (χ1) is 7.77. The van der Waals surface area contributed by atoms with Gasteiger partial charge < -0.3 is 0 Å². The highest BCUT2D eigenvalue weighted by Gasteiger charge is 2.08. The van der Waals surface area contributed by atoms with Crippen LogP contribution >= 0.6 is 11.3 Å². The molecule has 1 unspecified atom stereocenters. The normalized spacial score (nSPS) is 13.2. The van der Waals surface area contributed by atoms with Crippen LogP contribution in [0.5, 0.6) is 0 Å². The quantitative estimate of drug-likeness (QED) is 0.369. The van der Waals surface area contributed by atoms with Crippen molar-refractivity contribution in [2.75, 3.05) is 6.54 Å². The summed E-state index contributed by atoms with van der Waals surface area (Å²) in [7, 11) is 0. The van der Waals surface area contributed by atoms with Crippen molar-refractivity contribution in [3.8, 4) is 6.19 Å². The van der Waals surface area contributed by atoms with E-state index in [0.29, 0.717) is 11.8 Å². The van der Waals surface area contributed by atoms with E-state index in [4.69, 9.17) is 5.26 Å². The van der Waals surface area contributed by atoms with Gasteiger partial charge in [-0.2, -0.15) is 16.6 Å². The summed E-state index contributed by atoms with van der Waals surface area (Å²) in [6.07, 6.45) is 4.04. The van der Waals surface area contributed by atoms with E-state index in [-0.39, 0.29) is 0 Å². The molecule has 0 saturated heterocycles. The molecular formula is C12H17N3S. The Morgan fingerprint density at radius 1 is 1.69 bits per heavy atom. The van der Waals surface area contributed by atoms with Crippen molar-refractivity contribution >= 4 is 17.2 Å². The van der Waals surface area contributed by atoms with Crippen molar-refractivity contribution in [3.05, 3.63) is 22.4 Å². The number of amidine groups is 1. The van der Waals surface area contributed by atoms with Crippen LogP contribution in [0.3, 0.4) is 0 Å². The van der Waals surface area contributed by atoms with Gasteiger partial charge in [-0.3, -0.25) is 10.3 Å². The molecule has 0 fully saturated rings. The van der Waals surface area contributed by atoms with Crippen LogP contribution < -0.4 is 5.32 Å². The van der Waals surface area contributed by atoms with Crippen molar-refractivity contribution < 1.29 is 0 Å². The van der Waals surface area contributed by atoms with Gasteiger partial charge in [0.25, 0.3) is 0 Å². The third-order valence-electron chi connectivity index (χ3n) is 2.57. The van der Waals surface area contributed by atoms with E-state index in [1.807, 2.05) is 13.1 Å². The van der Waals surface area contributed by atoms with E-state index in [9.17, 15) is 0 Å². The Balaban J connectivity index is 2.42. The first-order valence-electron chi connectivity index (χ1n) is 5.46. The van der Waals surface area contributed by atoms with Crippen molar-refractivity contribution in [1.29, 1.82) is 5.26 Å². The summed E-state index contributed by atoms with van der Waals surface area (Å²) in [4.78, 5) is 4.30. The molecule has 0 aliphatic rings. The minimum Gasteiger partial charge on any atom is -0.281 e. The number of hydrogen-bond acceptors (Lipinski definition) is 3. The molecule has 1 aromatic heterocycles. The lowest BCUT2D eigenvalue weighted by molar-refractivity contribution is 0.616. The number of nitrogens with zero attached hydrogens (tertiary/aromatic N) is 2. The highest BCUT2D eigenvalue weighted by Crippen LogP contribution is 2.25. The summed E-state index contributed by atoms with van der Waals surface area (Å²) in [6.45, 7) is 4.79. The molecule has 0 saturated carbocycles. The zero-order valence-corrected chi connectivity index (χ0v) is 10.5. The fraction of sp³-hybridized carbons (Fsp3) is 0.500. The van der Waals surface area contributed by atoms with Gasteiger partial charge in [0.15, 0.2) is 6.19 Å². The van der Waals surface area contributed by atoms with Gasteiger partial charge in [-0.1, -0.05) is 6.92 Å². The first-order valence-corrected chi connectivity index (χ1v) is 6.40. The monoisotopic (exact) mass is 235 g/mol. The predicted octanol–water partition coefficient (Wildman–Crippen LogP) is 3.12. The molecule has 1 heterocycles. The van der Waals surface area contributed by atoms with Crippen LogP contribution in [0.4, 0.5) is 0 Å². The van der Waals surface area contributed by atoms with E-state index in [1.165, 1.54) is 5.56 Å². The highest BCUT2D eigenvalue weighted by atomic mass is 32.1. The summed E-state index contributed by atoms with van der Waals surface area (Å²) in [6, 6.07) is 2.18. The summed E-state index contributed by atoms with van der Waals surface area (Å²) in [5, 5.41) is 15.3. The van der Waals surface area contributed by atoms with Crippen molar-refractivity contribution in [1.82, 2.24) is 5.32 Å². The van der Waals surface area contributed by atoms with E-state index < -0.39 is 0 Å². The zero-order valence-electron chi connectivity index (χ0n) is 9.73. The molecule has 86 valence electrons. The number of aliphatic imine (C=N–C) groups is 1. The third kappa shape index (κ3) is 4.03. The highest BCUT2D eigenvalue weighted by molar-refractivity contribution is 7.07. The lowest BCUT2D eigenvalue weighted by Crippen LogP contribution is -2.14. The van der Waals surface area contributed by atoms with Gasteiger partial charge in [0.1, 0.15) is 5.84 Å². The standard InChI is InChI=1S/C12H17N3S/c1-3-11(12-5-7-16-8-12)4-6-14-10(2)15-9-13/h5,7-8,11H,3-4,6H2,1-2H3,(H,14,15). The Kier molecular flexibility index (Phi) is 5.58. The fourth-order valence-electron chi connectivity index (χ4n) is 1.62. The Bertz CT molecular complexity index is 362. The third-order valence-corrected chi connectivity index (χ3v) is 3.27. The largest absolute Gasteiger partial charge is 0.281 e. The fourth-order valence-corrected chi connectivity index (χ4v) is 2.36. The first kappa shape index (κ1) is 12.7. The average molecular weight is 235 g/mol. The number of nitrogens with one attached hydrogen (secondary N) is 1. The molecule has 1 aromatic rings. The van der Waals surface area contributed by atoms with Crippen LogP contribution in [-0.4, -0.2) is 12.4 Å². The molecule has 0 aromatic carbocycles. The number of thiophene rings is 1. The molecule has 0 aliphatic carbocycles. The summed E-state index contributed by atoms with van der Waals surface area (Å²) in [5.41, 5.74) is 1.41. The Hall–Kier alpha value is -1.34.